The van der Waals surface area contributed by atoms with Gasteiger partial charge in [-0.3, -0.25) is 0 Å². The molecular formula is C11H13ClFNO. The Labute approximate surface area is 93.4 Å². The summed E-state index contributed by atoms with van der Waals surface area (Å²) in [4.78, 5) is 0. The summed E-state index contributed by atoms with van der Waals surface area (Å²) in [7, 11) is 0. The highest BCUT2D eigenvalue weighted by atomic mass is 35.5. The minimum atomic E-state index is -0.349. The van der Waals surface area contributed by atoms with Crippen LogP contribution in [0.25, 0.3) is 0 Å². The number of nitrogens with one attached hydrogen (secondary N) is 1. The van der Waals surface area contributed by atoms with Crippen molar-refractivity contribution < 1.29 is 9.13 Å². The molecule has 1 aromatic carbocycles. The second-order valence-corrected chi connectivity index (χ2v) is 4.08. The van der Waals surface area contributed by atoms with Gasteiger partial charge in [0.05, 0.1) is 0 Å². The van der Waals surface area contributed by atoms with E-state index in [0.717, 1.165) is 25.9 Å². The topological polar surface area (TPSA) is 21.3 Å². The molecule has 0 aliphatic carbocycles. The molecular weight excluding hydrogens is 217 g/mol. The van der Waals surface area contributed by atoms with Crippen LogP contribution in [0.5, 0.6) is 5.75 Å². The highest BCUT2D eigenvalue weighted by molar-refractivity contribution is 6.30. The summed E-state index contributed by atoms with van der Waals surface area (Å²) in [6.07, 6.45) is 1.91. The monoisotopic (exact) mass is 229 g/mol. The average Bonchev–Trinajstić information content (AvgIpc) is 2.25. The maximum absolute atomic E-state index is 13.3. The van der Waals surface area contributed by atoms with Crippen LogP contribution in [-0.2, 0) is 0 Å². The van der Waals surface area contributed by atoms with Gasteiger partial charge in [-0.15, -0.1) is 0 Å². The van der Waals surface area contributed by atoms with E-state index in [2.05, 4.69) is 5.32 Å². The van der Waals surface area contributed by atoms with E-state index in [1.807, 2.05) is 0 Å². The molecule has 2 rings (SSSR count). The number of ether oxygens (including phenoxy) is 1. The summed E-state index contributed by atoms with van der Waals surface area (Å²) in [5.41, 5.74) is 0. The van der Waals surface area contributed by atoms with Crippen molar-refractivity contribution in [3.05, 3.63) is 29.0 Å². The number of rotatable bonds is 2. The molecule has 1 fully saturated rings. The van der Waals surface area contributed by atoms with Crippen molar-refractivity contribution in [1.29, 1.82) is 0 Å². The number of piperidine rings is 1. The molecule has 15 heavy (non-hydrogen) atoms. The molecule has 0 unspecified atom stereocenters. The van der Waals surface area contributed by atoms with Crippen molar-refractivity contribution in [1.82, 2.24) is 5.32 Å². The van der Waals surface area contributed by atoms with Crippen LogP contribution < -0.4 is 10.1 Å². The lowest BCUT2D eigenvalue weighted by Crippen LogP contribution is -2.34. The summed E-state index contributed by atoms with van der Waals surface area (Å²) in [6, 6.07) is 4.38. The van der Waals surface area contributed by atoms with Crippen LogP contribution in [0, 0.1) is 5.82 Å². The molecule has 0 aromatic heterocycles. The summed E-state index contributed by atoms with van der Waals surface area (Å²) < 4.78 is 18.9. The summed E-state index contributed by atoms with van der Waals surface area (Å²) >= 11 is 5.78. The van der Waals surface area contributed by atoms with Gasteiger partial charge < -0.3 is 10.1 Å². The first-order valence-electron chi connectivity index (χ1n) is 5.08. The molecule has 1 heterocycles. The van der Waals surface area contributed by atoms with Crippen molar-refractivity contribution in [2.24, 2.45) is 0 Å². The second-order valence-electron chi connectivity index (χ2n) is 3.64. The molecule has 1 aromatic rings. The minimum Gasteiger partial charge on any atom is -0.487 e. The van der Waals surface area contributed by atoms with Crippen molar-refractivity contribution in [2.75, 3.05) is 13.1 Å². The van der Waals surface area contributed by atoms with Gasteiger partial charge in [-0.2, -0.15) is 0 Å². The third kappa shape index (κ3) is 2.83. The van der Waals surface area contributed by atoms with E-state index < -0.39 is 0 Å². The molecule has 82 valence electrons. The van der Waals surface area contributed by atoms with Crippen molar-refractivity contribution >= 4 is 11.6 Å². The van der Waals surface area contributed by atoms with E-state index >= 15 is 0 Å². The fraction of sp³-hybridized carbons (Fsp3) is 0.455. The lowest BCUT2D eigenvalue weighted by Gasteiger charge is -2.24. The molecule has 0 atom stereocenters. The smallest absolute Gasteiger partial charge is 0.165 e. The second kappa shape index (κ2) is 4.81. The van der Waals surface area contributed by atoms with Gasteiger partial charge in [0, 0.05) is 11.1 Å². The van der Waals surface area contributed by atoms with Crippen molar-refractivity contribution in [3.8, 4) is 5.75 Å². The molecule has 1 aliphatic rings. The molecule has 0 radical (unpaired) electrons. The lowest BCUT2D eigenvalue weighted by molar-refractivity contribution is 0.156. The largest absolute Gasteiger partial charge is 0.487 e. The van der Waals surface area contributed by atoms with Gasteiger partial charge in [0.2, 0.25) is 0 Å². The molecule has 0 amide bonds. The Morgan fingerprint density at radius 1 is 1.33 bits per heavy atom. The summed E-state index contributed by atoms with van der Waals surface area (Å²) in [5, 5.41) is 3.73. The zero-order valence-electron chi connectivity index (χ0n) is 8.30. The van der Waals surface area contributed by atoms with Crippen LogP contribution in [0.3, 0.4) is 0 Å². The Kier molecular flexibility index (Phi) is 3.44. The highest BCUT2D eigenvalue weighted by Crippen LogP contribution is 2.24. The quantitative estimate of drug-likeness (QED) is 0.842. The van der Waals surface area contributed by atoms with Gasteiger partial charge in [0.1, 0.15) is 6.10 Å². The Bertz CT molecular complexity index is 339. The average molecular weight is 230 g/mol. The van der Waals surface area contributed by atoms with E-state index in [1.165, 1.54) is 18.2 Å². The fourth-order valence-corrected chi connectivity index (χ4v) is 1.82. The van der Waals surface area contributed by atoms with Gasteiger partial charge in [-0.05, 0) is 38.1 Å². The third-order valence-corrected chi connectivity index (χ3v) is 2.71. The Morgan fingerprint density at radius 3 is 2.80 bits per heavy atom. The van der Waals surface area contributed by atoms with Crippen LogP contribution in [0.4, 0.5) is 4.39 Å². The molecule has 4 heteroatoms. The Morgan fingerprint density at radius 2 is 2.07 bits per heavy atom. The fourth-order valence-electron chi connectivity index (χ4n) is 1.66. The van der Waals surface area contributed by atoms with Gasteiger partial charge in [-0.25, -0.2) is 4.39 Å². The first kappa shape index (κ1) is 10.7. The maximum atomic E-state index is 13.3. The number of hydrogen-bond donors (Lipinski definition) is 1. The summed E-state index contributed by atoms with van der Waals surface area (Å²) in [6.45, 7) is 1.85. The number of hydrogen-bond acceptors (Lipinski definition) is 2. The molecule has 2 nitrogen and oxygen atoms in total. The standard InChI is InChI=1S/C11H13ClFNO/c12-8-1-2-10(13)11(7-8)15-9-3-5-14-6-4-9/h1-2,7,9,14H,3-6H2. The van der Waals surface area contributed by atoms with E-state index in [9.17, 15) is 4.39 Å². The molecule has 0 spiro atoms. The van der Waals surface area contributed by atoms with Crippen LogP contribution >= 0.6 is 11.6 Å². The first-order valence-corrected chi connectivity index (χ1v) is 5.46. The predicted octanol–water partition coefficient (Wildman–Crippen LogP) is 2.61. The van der Waals surface area contributed by atoms with E-state index in [4.69, 9.17) is 16.3 Å². The van der Waals surface area contributed by atoms with Crippen LogP contribution in [0.15, 0.2) is 18.2 Å². The van der Waals surface area contributed by atoms with Gasteiger partial charge >= 0.3 is 0 Å². The molecule has 1 N–H and O–H groups in total. The van der Waals surface area contributed by atoms with Crippen LogP contribution in [0.2, 0.25) is 5.02 Å². The molecule has 0 bridgehead atoms. The lowest BCUT2D eigenvalue weighted by atomic mass is 10.1. The summed E-state index contributed by atoms with van der Waals surface area (Å²) in [5.74, 6) is -0.0904. The SMILES string of the molecule is Fc1ccc(Cl)cc1OC1CCNCC1. The van der Waals surface area contributed by atoms with E-state index in [1.54, 1.807) is 0 Å². The van der Waals surface area contributed by atoms with Crippen molar-refractivity contribution in [2.45, 2.75) is 18.9 Å². The third-order valence-electron chi connectivity index (χ3n) is 2.47. The normalized spacial score (nSPS) is 17.7. The van der Waals surface area contributed by atoms with Crippen molar-refractivity contribution in [3.63, 3.8) is 0 Å². The van der Waals surface area contributed by atoms with Gasteiger partial charge in [-0.1, -0.05) is 11.6 Å². The Balaban J connectivity index is 2.05. The molecule has 0 saturated carbocycles. The van der Waals surface area contributed by atoms with Crippen LogP contribution in [-0.4, -0.2) is 19.2 Å². The Hall–Kier alpha value is -0.800. The zero-order valence-corrected chi connectivity index (χ0v) is 9.06. The molecule has 1 aliphatic heterocycles. The van der Waals surface area contributed by atoms with Crippen LogP contribution in [0.1, 0.15) is 12.8 Å². The van der Waals surface area contributed by atoms with E-state index in [0.29, 0.717) is 5.02 Å². The minimum absolute atomic E-state index is 0.0965. The molecule has 1 saturated heterocycles. The number of benzene rings is 1. The zero-order chi connectivity index (χ0) is 10.7. The highest BCUT2D eigenvalue weighted by Gasteiger charge is 2.16. The van der Waals surface area contributed by atoms with Gasteiger partial charge in [0.25, 0.3) is 0 Å². The predicted molar refractivity (Wildman–Crippen MR) is 57.9 cm³/mol. The van der Waals surface area contributed by atoms with Gasteiger partial charge in [0.15, 0.2) is 11.6 Å². The first-order chi connectivity index (χ1) is 7.25. The maximum Gasteiger partial charge on any atom is 0.165 e. The van der Waals surface area contributed by atoms with E-state index in [-0.39, 0.29) is 17.7 Å². The number of halogens is 2.